The van der Waals surface area contributed by atoms with Crippen LogP contribution in [0.15, 0.2) is 0 Å². The van der Waals surface area contributed by atoms with Gasteiger partial charge in [-0.15, -0.1) is 0 Å². The molecule has 1 N–H and O–H groups in total. The molecule has 0 spiro atoms. The van der Waals surface area contributed by atoms with Crippen LogP contribution in [0.1, 0.15) is 46.0 Å². The summed E-state index contributed by atoms with van der Waals surface area (Å²) in [5.41, 5.74) is 0. The monoisotopic (exact) mass is 250 g/mol. The molecule has 2 nitrogen and oxygen atoms in total. The van der Waals surface area contributed by atoms with Crippen LogP contribution in [0.4, 0.5) is 0 Å². The fourth-order valence-corrected chi connectivity index (χ4v) is 5.25. The molecule has 2 bridgehead atoms. The quantitative estimate of drug-likeness (QED) is 0.780. The van der Waals surface area contributed by atoms with Gasteiger partial charge < -0.3 is 10.2 Å². The molecule has 5 unspecified atom stereocenters. The molecule has 0 amide bonds. The van der Waals surface area contributed by atoms with Crippen molar-refractivity contribution in [2.24, 2.45) is 23.7 Å². The highest BCUT2D eigenvalue weighted by Crippen LogP contribution is 2.58. The van der Waals surface area contributed by atoms with E-state index in [1.165, 1.54) is 39.0 Å². The number of nitrogens with zero attached hydrogens (tertiary/aromatic N) is 1. The third-order valence-corrected chi connectivity index (χ3v) is 6.16. The van der Waals surface area contributed by atoms with Crippen LogP contribution in [-0.2, 0) is 0 Å². The van der Waals surface area contributed by atoms with Gasteiger partial charge >= 0.3 is 0 Å². The molecule has 5 atom stereocenters. The lowest BCUT2D eigenvalue weighted by atomic mass is 9.79. The fraction of sp³-hybridized carbons (Fsp3) is 1.00. The number of likely N-dealkylation sites (N-methyl/N-ethyl adjacent to an activating group) is 1. The average Bonchev–Trinajstić information content (AvgIpc) is 3.05. The molecule has 3 saturated carbocycles. The van der Waals surface area contributed by atoms with Crippen molar-refractivity contribution >= 4 is 0 Å². The van der Waals surface area contributed by atoms with E-state index in [-0.39, 0.29) is 0 Å². The molecule has 0 aromatic heterocycles. The average molecular weight is 250 g/mol. The number of hydrogen-bond acceptors (Lipinski definition) is 2. The van der Waals surface area contributed by atoms with E-state index < -0.39 is 0 Å². The molecule has 0 radical (unpaired) electrons. The van der Waals surface area contributed by atoms with E-state index in [4.69, 9.17) is 0 Å². The summed E-state index contributed by atoms with van der Waals surface area (Å²) in [5.74, 6) is 4.37. The van der Waals surface area contributed by atoms with Gasteiger partial charge in [-0.25, -0.2) is 0 Å². The van der Waals surface area contributed by atoms with Crippen molar-refractivity contribution in [1.29, 1.82) is 0 Å². The number of rotatable bonds is 6. The molecule has 3 aliphatic carbocycles. The third kappa shape index (κ3) is 2.22. The zero-order valence-electron chi connectivity index (χ0n) is 12.2. The molecule has 3 aliphatic rings. The van der Waals surface area contributed by atoms with Crippen LogP contribution < -0.4 is 5.32 Å². The summed E-state index contributed by atoms with van der Waals surface area (Å²) < 4.78 is 0. The lowest BCUT2D eigenvalue weighted by Crippen LogP contribution is -2.42. The standard InChI is InChI=1S/C16H30N2/c1-3-18(4-2)9-8-17-16-11-12-10-15(16)14-7-5-6-13(12)14/h12-17H,3-11H2,1-2H3. The SMILES string of the molecule is CCN(CC)CCNC1CC2CC1C1CCCC21. The van der Waals surface area contributed by atoms with Crippen molar-refractivity contribution in [2.45, 2.75) is 52.0 Å². The Hall–Kier alpha value is -0.0800. The van der Waals surface area contributed by atoms with Crippen molar-refractivity contribution in [1.82, 2.24) is 10.2 Å². The molecular weight excluding hydrogens is 220 g/mol. The van der Waals surface area contributed by atoms with Gasteiger partial charge in [-0.05, 0) is 62.4 Å². The molecule has 0 aliphatic heterocycles. The topological polar surface area (TPSA) is 15.3 Å². The van der Waals surface area contributed by atoms with E-state index in [0.29, 0.717) is 0 Å². The van der Waals surface area contributed by atoms with Crippen LogP contribution in [0, 0.1) is 23.7 Å². The highest BCUT2D eigenvalue weighted by atomic mass is 15.1. The van der Waals surface area contributed by atoms with Crippen molar-refractivity contribution in [3.05, 3.63) is 0 Å². The van der Waals surface area contributed by atoms with Gasteiger partial charge in [0.25, 0.3) is 0 Å². The first-order valence-corrected chi connectivity index (χ1v) is 8.29. The van der Waals surface area contributed by atoms with Crippen LogP contribution in [0.25, 0.3) is 0 Å². The molecule has 104 valence electrons. The molecule has 0 saturated heterocycles. The number of nitrogens with one attached hydrogen (secondary N) is 1. The molecule has 3 fully saturated rings. The summed E-state index contributed by atoms with van der Waals surface area (Å²) in [6.45, 7) is 9.36. The maximum Gasteiger partial charge on any atom is 0.0107 e. The van der Waals surface area contributed by atoms with Gasteiger partial charge in [-0.2, -0.15) is 0 Å². The lowest BCUT2D eigenvalue weighted by molar-refractivity contribution is 0.202. The van der Waals surface area contributed by atoms with E-state index >= 15 is 0 Å². The Kier molecular flexibility index (Phi) is 3.95. The smallest absolute Gasteiger partial charge is 0.0107 e. The van der Waals surface area contributed by atoms with Crippen LogP contribution in [0.5, 0.6) is 0 Å². The predicted molar refractivity (Wildman–Crippen MR) is 76.6 cm³/mol. The van der Waals surface area contributed by atoms with Gasteiger partial charge in [0.1, 0.15) is 0 Å². The second kappa shape index (κ2) is 5.50. The van der Waals surface area contributed by atoms with E-state index in [9.17, 15) is 0 Å². The highest BCUT2D eigenvalue weighted by Gasteiger charge is 2.53. The van der Waals surface area contributed by atoms with E-state index in [1.54, 1.807) is 19.3 Å². The highest BCUT2D eigenvalue weighted by molar-refractivity contribution is 5.05. The minimum absolute atomic E-state index is 0.866. The Labute approximate surface area is 113 Å². The minimum atomic E-state index is 0.866. The molecule has 0 aromatic rings. The first-order chi connectivity index (χ1) is 8.83. The largest absolute Gasteiger partial charge is 0.312 e. The third-order valence-electron chi connectivity index (χ3n) is 6.16. The molecule has 3 rings (SSSR count). The van der Waals surface area contributed by atoms with Crippen LogP contribution in [0.3, 0.4) is 0 Å². The van der Waals surface area contributed by atoms with E-state index in [2.05, 4.69) is 24.1 Å². The zero-order valence-corrected chi connectivity index (χ0v) is 12.2. The fourth-order valence-electron chi connectivity index (χ4n) is 5.25. The van der Waals surface area contributed by atoms with Gasteiger partial charge in [0.05, 0.1) is 0 Å². The molecule has 0 aromatic carbocycles. The van der Waals surface area contributed by atoms with Crippen LogP contribution in [-0.4, -0.2) is 37.1 Å². The summed E-state index contributed by atoms with van der Waals surface area (Å²) in [4.78, 5) is 2.53. The van der Waals surface area contributed by atoms with Gasteiger partial charge in [0, 0.05) is 19.1 Å². The second-order valence-corrected chi connectivity index (χ2v) is 6.74. The van der Waals surface area contributed by atoms with Crippen molar-refractivity contribution < 1.29 is 0 Å². The second-order valence-electron chi connectivity index (χ2n) is 6.74. The zero-order chi connectivity index (χ0) is 12.5. The Morgan fingerprint density at radius 1 is 1.00 bits per heavy atom. The van der Waals surface area contributed by atoms with E-state index in [1.807, 2.05) is 0 Å². The first kappa shape index (κ1) is 12.9. The number of hydrogen-bond donors (Lipinski definition) is 1. The summed E-state index contributed by atoms with van der Waals surface area (Å²) in [5, 5.41) is 3.88. The maximum atomic E-state index is 3.88. The first-order valence-electron chi connectivity index (χ1n) is 8.29. The van der Waals surface area contributed by atoms with Crippen LogP contribution in [0.2, 0.25) is 0 Å². The summed E-state index contributed by atoms with van der Waals surface area (Å²) in [7, 11) is 0. The Balaban J connectivity index is 1.45. The Morgan fingerprint density at radius 3 is 2.56 bits per heavy atom. The van der Waals surface area contributed by atoms with Gasteiger partial charge in [-0.3, -0.25) is 0 Å². The molecule has 2 heteroatoms. The normalized spacial score (nSPS) is 41.8. The maximum absolute atomic E-state index is 3.88. The summed E-state index contributed by atoms with van der Waals surface area (Å²) >= 11 is 0. The van der Waals surface area contributed by atoms with Crippen LogP contribution >= 0.6 is 0 Å². The van der Waals surface area contributed by atoms with Crippen molar-refractivity contribution in [3.63, 3.8) is 0 Å². The molecule has 0 heterocycles. The minimum Gasteiger partial charge on any atom is -0.312 e. The number of fused-ring (bicyclic) bond motifs is 5. The lowest BCUT2D eigenvalue weighted by Gasteiger charge is -2.32. The summed E-state index contributed by atoms with van der Waals surface area (Å²) in [6, 6.07) is 0.866. The van der Waals surface area contributed by atoms with Gasteiger partial charge in [-0.1, -0.05) is 20.3 Å². The van der Waals surface area contributed by atoms with E-state index in [0.717, 1.165) is 29.7 Å². The van der Waals surface area contributed by atoms with Crippen molar-refractivity contribution in [3.8, 4) is 0 Å². The van der Waals surface area contributed by atoms with Gasteiger partial charge in [0.15, 0.2) is 0 Å². The Morgan fingerprint density at radius 2 is 1.78 bits per heavy atom. The Bertz CT molecular complexity index is 274. The predicted octanol–water partition coefficient (Wildman–Crippen LogP) is 2.74. The van der Waals surface area contributed by atoms with Gasteiger partial charge in [0.2, 0.25) is 0 Å². The molecular formula is C16H30N2. The summed E-state index contributed by atoms with van der Waals surface area (Å²) in [6.07, 6.45) is 7.66. The van der Waals surface area contributed by atoms with Crippen molar-refractivity contribution in [2.75, 3.05) is 26.2 Å². The molecule has 18 heavy (non-hydrogen) atoms.